The van der Waals surface area contributed by atoms with Gasteiger partial charge in [0.2, 0.25) is 0 Å². The van der Waals surface area contributed by atoms with E-state index in [1.807, 2.05) is 13.1 Å². The smallest absolute Gasteiger partial charge is 0.0586 e. The third-order valence-electron chi connectivity index (χ3n) is 4.04. The summed E-state index contributed by atoms with van der Waals surface area (Å²) in [5.74, 6) is 0. The Morgan fingerprint density at radius 2 is 2.26 bits per heavy atom. The van der Waals surface area contributed by atoms with Gasteiger partial charge in [-0.2, -0.15) is 0 Å². The fraction of sp³-hybridized carbons (Fsp3) is 0.600. The molecule has 1 aromatic carbocycles. The fourth-order valence-electron chi connectivity index (χ4n) is 2.90. The van der Waals surface area contributed by atoms with E-state index in [0.29, 0.717) is 18.7 Å². The van der Waals surface area contributed by atoms with Crippen LogP contribution < -0.4 is 5.32 Å². The van der Waals surface area contributed by atoms with E-state index in [1.165, 1.54) is 12.0 Å². The molecule has 1 aliphatic heterocycles. The molecule has 1 aliphatic rings. The van der Waals surface area contributed by atoms with Gasteiger partial charge in [0, 0.05) is 23.1 Å². The molecule has 0 spiro atoms. The van der Waals surface area contributed by atoms with Crippen LogP contribution in [0.15, 0.2) is 28.7 Å². The summed E-state index contributed by atoms with van der Waals surface area (Å²) < 4.78 is 1.16. The van der Waals surface area contributed by atoms with Crippen LogP contribution in [-0.2, 0) is 0 Å². The average Bonchev–Trinajstić information content (AvgIpc) is 2.88. The Morgan fingerprint density at radius 1 is 1.47 bits per heavy atom. The van der Waals surface area contributed by atoms with Crippen molar-refractivity contribution in [1.82, 2.24) is 10.2 Å². The van der Waals surface area contributed by atoms with Crippen LogP contribution in [0, 0.1) is 0 Å². The minimum Gasteiger partial charge on any atom is -0.395 e. The number of halogens is 1. The van der Waals surface area contributed by atoms with E-state index in [0.717, 1.165) is 30.4 Å². The van der Waals surface area contributed by atoms with E-state index in [4.69, 9.17) is 0 Å². The highest BCUT2D eigenvalue weighted by Gasteiger charge is 2.24. The maximum Gasteiger partial charge on any atom is 0.0586 e. The predicted octanol–water partition coefficient (Wildman–Crippen LogP) is 2.56. The van der Waals surface area contributed by atoms with Crippen molar-refractivity contribution >= 4 is 15.9 Å². The molecule has 19 heavy (non-hydrogen) atoms. The summed E-state index contributed by atoms with van der Waals surface area (Å²) >= 11 is 3.62. The molecule has 1 saturated heterocycles. The summed E-state index contributed by atoms with van der Waals surface area (Å²) in [5, 5.41) is 12.8. The maximum atomic E-state index is 9.36. The molecule has 1 fully saturated rings. The van der Waals surface area contributed by atoms with E-state index in [2.05, 4.69) is 44.3 Å². The van der Waals surface area contributed by atoms with E-state index < -0.39 is 0 Å². The van der Waals surface area contributed by atoms with Crippen molar-refractivity contribution in [2.45, 2.75) is 31.3 Å². The number of benzene rings is 1. The summed E-state index contributed by atoms with van der Waals surface area (Å²) in [4.78, 5) is 2.42. The molecule has 0 amide bonds. The lowest BCUT2D eigenvalue weighted by Gasteiger charge is -2.26. The summed E-state index contributed by atoms with van der Waals surface area (Å²) in [5.41, 5.74) is 1.31. The lowest BCUT2D eigenvalue weighted by Crippen LogP contribution is -2.34. The van der Waals surface area contributed by atoms with Gasteiger partial charge < -0.3 is 10.4 Å². The van der Waals surface area contributed by atoms with Crippen molar-refractivity contribution in [3.8, 4) is 0 Å². The molecule has 0 aliphatic carbocycles. The van der Waals surface area contributed by atoms with Gasteiger partial charge in [-0.15, -0.1) is 0 Å². The largest absolute Gasteiger partial charge is 0.395 e. The Balaban J connectivity index is 1.95. The standard InChI is InChI=1S/C15H23BrN2O/c1-17-15(13-6-2-3-7-14(13)16)8-10-18-9-4-5-12(18)11-19/h2-3,6-7,12,15,17,19H,4-5,8-11H2,1H3. The van der Waals surface area contributed by atoms with Gasteiger partial charge in [-0.3, -0.25) is 4.90 Å². The molecule has 3 nitrogen and oxygen atoms in total. The van der Waals surface area contributed by atoms with Crippen LogP contribution in [0.3, 0.4) is 0 Å². The van der Waals surface area contributed by atoms with E-state index in [9.17, 15) is 5.11 Å². The van der Waals surface area contributed by atoms with Gasteiger partial charge in [-0.25, -0.2) is 0 Å². The monoisotopic (exact) mass is 326 g/mol. The summed E-state index contributed by atoms with van der Waals surface area (Å²) in [6, 6.07) is 9.11. The number of aliphatic hydroxyl groups excluding tert-OH is 1. The van der Waals surface area contributed by atoms with Gasteiger partial charge in [-0.05, 0) is 44.5 Å². The Morgan fingerprint density at radius 3 is 2.95 bits per heavy atom. The Bertz CT molecular complexity index is 399. The molecule has 4 heteroatoms. The van der Waals surface area contributed by atoms with Crippen molar-refractivity contribution in [2.75, 3.05) is 26.7 Å². The first-order chi connectivity index (χ1) is 9.26. The summed E-state index contributed by atoms with van der Waals surface area (Å²) in [6.07, 6.45) is 3.41. The quantitative estimate of drug-likeness (QED) is 0.843. The number of rotatable bonds is 6. The molecule has 0 bridgehead atoms. The van der Waals surface area contributed by atoms with Gasteiger partial charge >= 0.3 is 0 Å². The van der Waals surface area contributed by atoms with Crippen LogP contribution in [0.5, 0.6) is 0 Å². The van der Waals surface area contributed by atoms with E-state index in [1.54, 1.807) is 0 Å². The first kappa shape index (κ1) is 15.0. The third kappa shape index (κ3) is 3.78. The van der Waals surface area contributed by atoms with Crippen LogP contribution >= 0.6 is 15.9 Å². The maximum absolute atomic E-state index is 9.36. The molecule has 2 N–H and O–H groups in total. The van der Waals surface area contributed by atoms with Crippen LogP contribution in [0.1, 0.15) is 30.9 Å². The Labute approximate surface area is 124 Å². The zero-order valence-corrected chi connectivity index (χ0v) is 13.1. The molecule has 2 unspecified atom stereocenters. The van der Waals surface area contributed by atoms with Crippen LogP contribution in [0.2, 0.25) is 0 Å². The minimum atomic E-state index is 0.291. The van der Waals surface area contributed by atoms with Gasteiger partial charge in [0.05, 0.1) is 6.61 Å². The first-order valence-electron chi connectivity index (χ1n) is 7.03. The second-order valence-corrected chi connectivity index (χ2v) is 6.02. The van der Waals surface area contributed by atoms with E-state index in [-0.39, 0.29) is 0 Å². The van der Waals surface area contributed by atoms with Crippen molar-refractivity contribution < 1.29 is 5.11 Å². The second-order valence-electron chi connectivity index (χ2n) is 5.17. The highest BCUT2D eigenvalue weighted by Crippen LogP contribution is 2.26. The van der Waals surface area contributed by atoms with E-state index >= 15 is 0 Å². The first-order valence-corrected chi connectivity index (χ1v) is 7.82. The number of nitrogens with zero attached hydrogens (tertiary/aromatic N) is 1. The Hall–Kier alpha value is -0.420. The van der Waals surface area contributed by atoms with Gasteiger partial charge in [0.25, 0.3) is 0 Å². The fourth-order valence-corrected chi connectivity index (χ4v) is 3.47. The SMILES string of the molecule is CNC(CCN1CCCC1CO)c1ccccc1Br. The number of likely N-dealkylation sites (tertiary alicyclic amines) is 1. The topological polar surface area (TPSA) is 35.5 Å². The summed E-state index contributed by atoms with van der Waals surface area (Å²) in [7, 11) is 2.01. The highest BCUT2D eigenvalue weighted by atomic mass is 79.9. The average molecular weight is 327 g/mol. The molecular weight excluding hydrogens is 304 g/mol. The molecule has 1 heterocycles. The number of aliphatic hydroxyl groups is 1. The van der Waals surface area contributed by atoms with Crippen molar-refractivity contribution in [1.29, 1.82) is 0 Å². The van der Waals surface area contributed by atoms with Crippen molar-refractivity contribution in [3.63, 3.8) is 0 Å². The highest BCUT2D eigenvalue weighted by molar-refractivity contribution is 9.10. The van der Waals surface area contributed by atoms with Crippen molar-refractivity contribution in [3.05, 3.63) is 34.3 Å². The molecule has 2 atom stereocenters. The van der Waals surface area contributed by atoms with Gasteiger partial charge in [0.15, 0.2) is 0 Å². The number of hydrogen-bond acceptors (Lipinski definition) is 3. The molecular formula is C15H23BrN2O. The molecule has 0 saturated carbocycles. The number of nitrogens with one attached hydrogen (secondary N) is 1. The molecule has 106 valence electrons. The zero-order chi connectivity index (χ0) is 13.7. The normalized spacial score (nSPS) is 21.7. The Kier molecular flexibility index (Phi) is 5.82. The second kappa shape index (κ2) is 7.39. The van der Waals surface area contributed by atoms with Gasteiger partial charge in [-0.1, -0.05) is 34.1 Å². The zero-order valence-electron chi connectivity index (χ0n) is 11.5. The van der Waals surface area contributed by atoms with Crippen LogP contribution in [0.4, 0.5) is 0 Å². The van der Waals surface area contributed by atoms with Crippen LogP contribution in [-0.4, -0.2) is 42.8 Å². The lowest BCUT2D eigenvalue weighted by molar-refractivity contribution is 0.154. The predicted molar refractivity (Wildman–Crippen MR) is 82.2 cm³/mol. The molecule has 0 radical (unpaired) electrons. The number of hydrogen-bond donors (Lipinski definition) is 2. The molecule has 0 aromatic heterocycles. The van der Waals surface area contributed by atoms with Crippen LogP contribution in [0.25, 0.3) is 0 Å². The lowest BCUT2D eigenvalue weighted by atomic mass is 10.0. The third-order valence-corrected chi connectivity index (χ3v) is 4.77. The summed E-state index contributed by atoms with van der Waals surface area (Å²) in [6.45, 7) is 2.45. The van der Waals surface area contributed by atoms with Crippen molar-refractivity contribution in [2.24, 2.45) is 0 Å². The minimum absolute atomic E-state index is 0.291. The molecule has 1 aromatic rings. The molecule has 2 rings (SSSR count). The van der Waals surface area contributed by atoms with Gasteiger partial charge in [0.1, 0.15) is 0 Å².